The number of amides is 1. The number of nitrogens with two attached hydrogens (primary N) is 1. The van der Waals surface area contributed by atoms with Crippen LogP contribution >= 0.6 is 11.6 Å². The van der Waals surface area contributed by atoms with Crippen molar-refractivity contribution in [3.05, 3.63) is 83.0 Å². The maximum atomic E-state index is 13.5. The van der Waals surface area contributed by atoms with Gasteiger partial charge in [0.15, 0.2) is 0 Å². The van der Waals surface area contributed by atoms with E-state index in [-0.39, 0.29) is 0 Å². The number of nitrogens with zero attached hydrogens (tertiary/aromatic N) is 3. The van der Waals surface area contributed by atoms with Gasteiger partial charge in [0, 0.05) is 18.0 Å². The van der Waals surface area contributed by atoms with Crippen LogP contribution in [0.2, 0.25) is 5.02 Å². The molecule has 9 heteroatoms. The molecule has 2 fully saturated rings. The Morgan fingerprint density at radius 2 is 1.76 bits per heavy atom. The predicted molar refractivity (Wildman–Crippen MR) is 158 cm³/mol. The Hall–Kier alpha value is -3.49. The maximum absolute atomic E-state index is 13.5. The number of ether oxygens (including phenoxy) is 1. The van der Waals surface area contributed by atoms with Crippen molar-refractivity contribution in [3.63, 3.8) is 0 Å². The number of carbonyl (C=O) groups is 1. The molecule has 4 aromatic rings. The van der Waals surface area contributed by atoms with Gasteiger partial charge < -0.3 is 15.4 Å². The Morgan fingerprint density at radius 1 is 1.05 bits per heavy atom. The number of carbonyl (C=O) groups excluding carboxylic acids is 1. The number of halogens is 3. The molecule has 1 saturated heterocycles. The molecule has 1 saturated carbocycles. The third kappa shape index (κ3) is 7.24. The number of likely N-dealkylation sites (tertiary alicyclic amines) is 1. The smallest absolute Gasteiger partial charge is 0.349 e. The van der Waals surface area contributed by atoms with Crippen molar-refractivity contribution in [2.24, 2.45) is 12.8 Å². The van der Waals surface area contributed by atoms with Gasteiger partial charge in [0.1, 0.15) is 5.75 Å². The summed E-state index contributed by atoms with van der Waals surface area (Å²) in [5.74, 6) is -4.46. The van der Waals surface area contributed by atoms with Gasteiger partial charge >= 0.3 is 5.92 Å². The van der Waals surface area contributed by atoms with Crippen molar-refractivity contribution in [1.82, 2.24) is 14.7 Å². The van der Waals surface area contributed by atoms with Crippen LogP contribution in [0.1, 0.15) is 43.2 Å². The summed E-state index contributed by atoms with van der Waals surface area (Å²) < 4.78 is 34.6. The van der Waals surface area contributed by atoms with Gasteiger partial charge in [-0.3, -0.25) is 9.48 Å². The molecule has 2 aliphatic rings. The molecule has 6 nitrogen and oxygen atoms in total. The predicted octanol–water partition coefficient (Wildman–Crippen LogP) is 6.73. The molecule has 1 aliphatic heterocycles. The van der Waals surface area contributed by atoms with Crippen molar-refractivity contribution in [1.29, 1.82) is 0 Å². The molecule has 41 heavy (non-hydrogen) atoms. The van der Waals surface area contributed by atoms with E-state index in [2.05, 4.69) is 22.1 Å². The van der Waals surface area contributed by atoms with E-state index >= 15 is 0 Å². The topological polar surface area (TPSA) is 73.4 Å². The highest BCUT2D eigenvalue weighted by Gasteiger charge is 2.38. The van der Waals surface area contributed by atoms with Gasteiger partial charge in [-0.05, 0) is 93.0 Å². The summed E-state index contributed by atoms with van der Waals surface area (Å²) in [6.45, 7) is 3.79. The first-order chi connectivity index (χ1) is 19.7. The zero-order valence-corrected chi connectivity index (χ0v) is 23.9. The number of hydrogen-bond donors (Lipinski definition) is 1. The largest absolute Gasteiger partial charge is 0.489 e. The van der Waals surface area contributed by atoms with Gasteiger partial charge in [-0.2, -0.15) is 13.9 Å². The van der Waals surface area contributed by atoms with Gasteiger partial charge in [0.05, 0.1) is 22.8 Å². The van der Waals surface area contributed by atoms with Crippen LogP contribution in [-0.2, 0) is 24.2 Å². The van der Waals surface area contributed by atoms with Crippen LogP contribution in [0, 0.1) is 0 Å². The average Bonchev–Trinajstić information content (AvgIpc) is 3.49. The van der Waals surface area contributed by atoms with E-state index in [4.69, 9.17) is 22.1 Å². The highest BCUT2D eigenvalue weighted by atomic mass is 35.5. The van der Waals surface area contributed by atoms with Crippen LogP contribution in [0.4, 0.5) is 8.78 Å². The molecule has 1 aliphatic carbocycles. The van der Waals surface area contributed by atoms with Gasteiger partial charge in [-0.25, -0.2) is 0 Å². The molecule has 1 amide bonds. The first kappa shape index (κ1) is 29.0. The fourth-order valence-corrected chi connectivity index (χ4v) is 5.26. The van der Waals surface area contributed by atoms with E-state index in [0.29, 0.717) is 6.10 Å². The molecule has 0 unspecified atom stereocenters. The maximum Gasteiger partial charge on any atom is 0.349 e. The fourth-order valence-electron chi connectivity index (χ4n) is 5.01. The number of fused-ring (bicyclic) bond motifs is 1. The minimum atomic E-state index is -3.66. The van der Waals surface area contributed by atoms with Crippen molar-refractivity contribution in [2.45, 2.75) is 50.6 Å². The van der Waals surface area contributed by atoms with Crippen LogP contribution in [0.25, 0.3) is 22.0 Å². The molecule has 0 bridgehead atoms. The Labute approximate surface area is 244 Å². The molecule has 2 heterocycles. The number of primary amides is 1. The summed E-state index contributed by atoms with van der Waals surface area (Å²) in [6, 6.07) is 17.5. The fraction of sp³-hybridized carbons (Fsp3) is 0.375. The molecule has 216 valence electrons. The number of aromatic nitrogens is 2. The zero-order chi connectivity index (χ0) is 29.0. The lowest BCUT2D eigenvalue weighted by atomic mass is 10.0. The van der Waals surface area contributed by atoms with Crippen molar-refractivity contribution in [2.75, 3.05) is 19.6 Å². The highest BCUT2D eigenvalue weighted by molar-refractivity contribution is 6.32. The normalized spacial score (nSPS) is 15.5. The van der Waals surface area contributed by atoms with E-state index < -0.39 is 17.4 Å². The number of benzene rings is 3. The summed E-state index contributed by atoms with van der Waals surface area (Å²) in [5.41, 5.74) is 8.23. The minimum absolute atomic E-state index is 0.412. The second kappa shape index (κ2) is 12.6. The summed E-state index contributed by atoms with van der Waals surface area (Å²) >= 11 is 6.27. The molecular weight excluding hydrogens is 546 g/mol. The van der Waals surface area contributed by atoms with Crippen molar-refractivity contribution < 1.29 is 18.3 Å². The highest BCUT2D eigenvalue weighted by Crippen LogP contribution is 2.33. The summed E-state index contributed by atoms with van der Waals surface area (Å²) in [6.07, 6.45) is 9.60. The standard InChI is InChI=1S/C16H22ClNO.C16H13F2N3O/c17-15-12-13(4-3-11-18-9-1-2-10-18)5-8-16(15)19-14-6-7-14;1-21-14-8-11(2-3-12(14)9-20-21)10-4-6-13(7-5-10)16(17,18)15(19)22/h5,8,12,14H,1-4,6-7,9-11H2;2-9H,1H3,(H2,19,22). The van der Waals surface area contributed by atoms with Crippen molar-refractivity contribution in [3.8, 4) is 16.9 Å². The second-order valence-corrected chi connectivity index (χ2v) is 11.2. The molecular formula is C32H35ClF2N4O2. The van der Waals surface area contributed by atoms with Crippen LogP contribution < -0.4 is 10.5 Å². The van der Waals surface area contributed by atoms with E-state index in [0.717, 1.165) is 39.2 Å². The Balaban J connectivity index is 0.000000166. The van der Waals surface area contributed by atoms with E-state index in [1.807, 2.05) is 31.3 Å². The lowest BCUT2D eigenvalue weighted by Crippen LogP contribution is -2.32. The summed E-state index contributed by atoms with van der Waals surface area (Å²) in [4.78, 5) is 13.4. The number of aryl methyl sites for hydroxylation is 2. The quantitative estimate of drug-likeness (QED) is 0.238. The Kier molecular flexibility index (Phi) is 8.90. The molecule has 1 aromatic heterocycles. The number of rotatable bonds is 9. The van der Waals surface area contributed by atoms with E-state index in [1.54, 1.807) is 23.0 Å². The van der Waals surface area contributed by atoms with Crippen LogP contribution in [0.3, 0.4) is 0 Å². The lowest BCUT2D eigenvalue weighted by Gasteiger charge is -2.14. The van der Waals surface area contributed by atoms with E-state index in [1.165, 1.54) is 69.4 Å². The molecule has 3 aromatic carbocycles. The summed E-state index contributed by atoms with van der Waals surface area (Å²) in [5, 5.41) is 5.93. The molecule has 2 N–H and O–H groups in total. The van der Waals surface area contributed by atoms with Gasteiger partial charge in [-0.1, -0.05) is 54.1 Å². The van der Waals surface area contributed by atoms with Gasteiger partial charge in [0.25, 0.3) is 5.91 Å². The first-order valence-corrected chi connectivity index (χ1v) is 14.5. The third-order valence-electron chi connectivity index (χ3n) is 7.59. The van der Waals surface area contributed by atoms with Gasteiger partial charge in [0.2, 0.25) is 0 Å². The molecule has 0 radical (unpaired) electrons. The molecule has 0 spiro atoms. The zero-order valence-electron chi connectivity index (χ0n) is 23.2. The van der Waals surface area contributed by atoms with Gasteiger partial charge in [-0.15, -0.1) is 0 Å². The van der Waals surface area contributed by atoms with Crippen LogP contribution in [-0.4, -0.2) is 46.3 Å². The monoisotopic (exact) mass is 580 g/mol. The van der Waals surface area contributed by atoms with E-state index in [9.17, 15) is 13.6 Å². The van der Waals surface area contributed by atoms with Crippen LogP contribution in [0.5, 0.6) is 5.75 Å². The Morgan fingerprint density at radius 3 is 2.41 bits per heavy atom. The Bertz CT molecular complexity index is 1500. The first-order valence-electron chi connectivity index (χ1n) is 14.1. The van der Waals surface area contributed by atoms with Crippen molar-refractivity contribution >= 4 is 28.4 Å². The lowest BCUT2D eigenvalue weighted by molar-refractivity contribution is -0.143. The SMILES string of the molecule is Clc1cc(CCCN2CCCC2)ccc1OC1CC1.Cn1ncc2ccc(-c3ccc(C(F)(F)C(N)=O)cc3)cc21. The summed E-state index contributed by atoms with van der Waals surface area (Å²) in [7, 11) is 1.84. The number of hydrogen-bond acceptors (Lipinski definition) is 4. The van der Waals surface area contributed by atoms with Crippen LogP contribution in [0.15, 0.2) is 66.9 Å². The molecule has 6 rings (SSSR count). The minimum Gasteiger partial charge on any atom is -0.489 e. The number of alkyl halides is 2. The third-order valence-corrected chi connectivity index (χ3v) is 7.89. The average molecular weight is 581 g/mol. The molecule has 0 atom stereocenters. The second-order valence-electron chi connectivity index (χ2n) is 10.8.